The molecule has 1 aliphatic heterocycles. The van der Waals surface area contributed by atoms with E-state index in [-0.39, 0.29) is 12.5 Å². The van der Waals surface area contributed by atoms with Crippen LogP contribution < -0.4 is 5.32 Å². The Bertz CT molecular complexity index is 570. The highest BCUT2D eigenvalue weighted by Crippen LogP contribution is 2.21. The number of piperazine rings is 1. The van der Waals surface area contributed by atoms with Gasteiger partial charge in [0.15, 0.2) is 0 Å². The van der Waals surface area contributed by atoms with E-state index in [1.165, 1.54) is 0 Å². The summed E-state index contributed by atoms with van der Waals surface area (Å²) >= 11 is 0. The maximum atomic E-state index is 12.0. The molecular formula is C17H22N2O2. The normalized spacial score (nSPS) is 17.8. The van der Waals surface area contributed by atoms with E-state index in [0.29, 0.717) is 19.5 Å². The lowest BCUT2D eigenvalue weighted by molar-refractivity contribution is -0.135. The van der Waals surface area contributed by atoms with Gasteiger partial charge in [0.05, 0.1) is 12.1 Å². The molecule has 1 aromatic carbocycles. The molecule has 0 aliphatic carbocycles. The fourth-order valence-corrected chi connectivity index (χ4v) is 2.42. The lowest BCUT2D eigenvalue weighted by atomic mass is 9.97. The lowest BCUT2D eigenvalue weighted by Gasteiger charge is -2.41. The van der Waals surface area contributed by atoms with E-state index in [1.54, 1.807) is 0 Å². The molecule has 1 saturated heterocycles. The minimum Gasteiger partial charge on any atom is -0.395 e. The average Bonchev–Trinajstić information content (AvgIpc) is 2.46. The standard InChI is InChI=1S/C17H22N2O2/c1-17(2)16(21)18-10-11-19(17)13-15-9-4-3-7-14(15)8-5-6-12-20/h3-4,7,9,20H,6,10-13H2,1-2H3,(H,18,21). The number of hydrogen-bond donors (Lipinski definition) is 2. The van der Waals surface area contributed by atoms with Crippen LogP contribution in [0.25, 0.3) is 0 Å². The number of hydrogen-bond acceptors (Lipinski definition) is 3. The summed E-state index contributed by atoms with van der Waals surface area (Å²) in [6, 6.07) is 7.98. The van der Waals surface area contributed by atoms with Crippen LogP contribution in [0.1, 0.15) is 31.4 Å². The highest BCUT2D eigenvalue weighted by molar-refractivity contribution is 5.86. The zero-order valence-corrected chi connectivity index (χ0v) is 12.6. The topological polar surface area (TPSA) is 52.6 Å². The Balaban J connectivity index is 2.20. The first kappa shape index (κ1) is 15.6. The molecule has 4 nitrogen and oxygen atoms in total. The summed E-state index contributed by atoms with van der Waals surface area (Å²) in [5.41, 5.74) is 1.57. The van der Waals surface area contributed by atoms with Crippen molar-refractivity contribution in [3.8, 4) is 11.8 Å². The van der Waals surface area contributed by atoms with Gasteiger partial charge in [0.2, 0.25) is 5.91 Å². The van der Waals surface area contributed by atoms with Gasteiger partial charge in [-0.1, -0.05) is 30.0 Å². The van der Waals surface area contributed by atoms with Gasteiger partial charge < -0.3 is 10.4 Å². The van der Waals surface area contributed by atoms with Gasteiger partial charge in [-0.25, -0.2) is 0 Å². The van der Waals surface area contributed by atoms with Crippen LogP contribution in [0.5, 0.6) is 0 Å². The maximum Gasteiger partial charge on any atom is 0.240 e. The molecule has 0 spiro atoms. The molecule has 0 unspecified atom stereocenters. The van der Waals surface area contributed by atoms with E-state index in [0.717, 1.165) is 17.7 Å². The summed E-state index contributed by atoms with van der Waals surface area (Å²) < 4.78 is 0. The first-order chi connectivity index (χ1) is 10.1. The molecule has 1 amide bonds. The van der Waals surface area contributed by atoms with Crippen LogP contribution in [0.15, 0.2) is 24.3 Å². The van der Waals surface area contributed by atoms with Crippen molar-refractivity contribution >= 4 is 5.91 Å². The van der Waals surface area contributed by atoms with Crippen LogP contribution >= 0.6 is 0 Å². The van der Waals surface area contributed by atoms with E-state index < -0.39 is 5.54 Å². The zero-order chi connectivity index (χ0) is 15.3. The predicted octanol–water partition coefficient (Wildman–Crippen LogP) is 1.13. The number of carbonyl (C=O) groups excluding carboxylic acids is 1. The molecule has 112 valence electrons. The molecule has 0 aromatic heterocycles. The molecule has 1 fully saturated rings. The number of amides is 1. The quantitative estimate of drug-likeness (QED) is 0.819. The van der Waals surface area contributed by atoms with Gasteiger partial charge in [-0.3, -0.25) is 9.69 Å². The Morgan fingerprint density at radius 2 is 2.14 bits per heavy atom. The van der Waals surface area contributed by atoms with Crippen LogP contribution in [0.2, 0.25) is 0 Å². The molecule has 0 saturated carbocycles. The van der Waals surface area contributed by atoms with E-state index in [4.69, 9.17) is 5.11 Å². The maximum absolute atomic E-state index is 12.0. The van der Waals surface area contributed by atoms with Gasteiger partial charge in [0.25, 0.3) is 0 Å². The highest BCUT2D eigenvalue weighted by atomic mass is 16.2. The molecule has 2 rings (SSSR count). The first-order valence-corrected chi connectivity index (χ1v) is 7.26. The number of aliphatic hydroxyl groups is 1. The second-order valence-corrected chi connectivity index (χ2v) is 5.67. The molecule has 0 bridgehead atoms. The third-order valence-corrected chi connectivity index (χ3v) is 3.85. The Labute approximate surface area is 126 Å². The number of nitrogens with zero attached hydrogens (tertiary/aromatic N) is 1. The summed E-state index contributed by atoms with van der Waals surface area (Å²) in [7, 11) is 0. The molecule has 2 N–H and O–H groups in total. The Morgan fingerprint density at radius 3 is 2.90 bits per heavy atom. The number of carbonyl (C=O) groups is 1. The van der Waals surface area contributed by atoms with Crippen molar-refractivity contribution in [1.82, 2.24) is 10.2 Å². The lowest BCUT2D eigenvalue weighted by Crippen LogP contribution is -2.61. The van der Waals surface area contributed by atoms with Crippen molar-refractivity contribution in [2.75, 3.05) is 19.7 Å². The fraction of sp³-hybridized carbons (Fsp3) is 0.471. The van der Waals surface area contributed by atoms with E-state index >= 15 is 0 Å². The summed E-state index contributed by atoms with van der Waals surface area (Å²) in [4.78, 5) is 14.2. The minimum absolute atomic E-state index is 0.0672. The van der Waals surface area contributed by atoms with E-state index in [9.17, 15) is 4.79 Å². The molecular weight excluding hydrogens is 264 g/mol. The summed E-state index contributed by atoms with van der Waals surface area (Å²) in [6.45, 7) is 6.18. The van der Waals surface area contributed by atoms with Crippen molar-refractivity contribution in [1.29, 1.82) is 0 Å². The fourth-order valence-electron chi connectivity index (χ4n) is 2.42. The van der Waals surface area contributed by atoms with Gasteiger partial charge >= 0.3 is 0 Å². The number of benzene rings is 1. The minimum atomic E-state index is -0.510. The molecule has 0 atom stereocenters. The van der Waals surface area contributed by atoms with Gasteiger partial charge in [-0.05, 0) is 25.5 Å². The Hall–Kier alpha value is -1.83. The Morgan fingerprint density at radius 1 is 1.38 bits per heavy atom. The first-order valence-electron chi connectivity index (χ1n) is 7.26. The van der Waals surface area contributed by atoms with Crippen molar-refractivity contribution in [3.05, 3.63) is 35.4 Å². The van der Waals surface area contributed by atoms with Crippen LogP contribution in [0.3, 0.4) is 0 Å². The summed E-state index contributed by atoms with van der Waals surface area (Å²) in [5.74, 6) is 6.13. The van der Waals surface area contributed by atoms with Gasteiger partial charge in [0, 0.05) is 31.6 Å². The van der Waals surface area contributed by atoms with Gasteiger partial charge in [-0.2, -0.15) is 0 Å². The number of nitrogens with one attached hydrogen (secondary N) is 1. The predicted molar refractivity (Wildman–Crippen MR) is 82.5 cm³/mol. The average molecular weight is 286 g/mol. The summed E-state index contributed by atoms with van der Waals surface area (Å²) in [5, 5.41) is 11.7. The molecule has 0 radical (unpaired) electrons. The summed E-state index contributed by atoms with van der Waals surface area (Å²) in [6.07, 6.45) is 0.478. The number of aliphatic hydroxyl groups excluding tert-OH is 1. The second kappa shape index (κ2) is 6.75. The van der Waals surface area contributed by atoms with Crippen molar-refractivity contribution in [2.45, 2.75) is 32.4 Å². The zero-order valence-electron chi connectivity index (χ0n) is 12.6. The number of rotatable bonds is 3. The molecule has 21 heavy (non-hydrogen) atoms. The third-order valence-electron chi connectivity index (χ3n) is 3.85. The van der Waals surface area contributed by atoms with Crippen LogP contribution in [-0.2, 0) is 11.3 Å². The molecule has 4 heteroatoms. The van der Waals surface area contributed by atoms with Crippen LogP contribution in [0, 0.1) is 11.8 Å². The van der Waals surface area contributed by atoms with Gasteiger partial charge in [0.1, 0.15) is 0 Å². The monoisotopic (exact) mass is 286 g/mol. The van der Waals surface area contributed by atoms with E-state index in [1.807, 2.05) is 38.1 Å². The molecule has 1 aliphatic rings. The second-order valence-electron chi connectivity index (χ2n) is 5.67. The van der Waals surface area contributed by atoms with Crippen LogP contribution in [-0.4, -0.2) is 41.1 Å². The van der Waals surface area contributed by atoms with Crippen molar-refractivity contribution in [2.24, 2.45) is 0 Å². The SMILES string of the molecule is CC1(C)C(=O)NCCN1Cc1ccccc1C#CCCO. The highest BCUT2D eigenvalue weighted by Gasteiger charge is 2.37. The van der Waals surface area contributed by atoms with E-state index in [2.05, 4.69) is 22.1 Å². The molecule has 1 heterocycles. The van der Waals surface area contributed by atoms with Crippen molar-refractivity contribution in [3.63, 3.8) is 0 Å². The Kier molecular flexibility index (Phi) is 5.00. The van der Waals surface area contributed by atoms with Gasteiger partial charge in [-0.15, -0.1) is 0 Å². The van der Waals surface area contributed by atoms with Crippen molar-refractivity contribution < 1.29 is 9.90 Å². The van der Waals surface area contributed by atoms with Crippen LogP contribution in [0.4, 0.5) is 0 Å². The largest absolute Gasteiger partial charge is 0.395 e. The smallest absolute Gasteiger partial charge is 0.240 e. The molecule has 1 aromatic rings. The third kappa shape index (κ3) is 3.63.